The second-order valence-corrected chi connectivity index (χ2v) is 5.87. The van der Waals surface area contributed by atoms with Crippen molar-refractivity contribution in [3.8, 4) is 0 Å². The lowest BCUT2D eigenvalue weighted by molar-refractivity contribution is 0.0601. The predicted molar refractivity (Wildman–Crippen MR) is 102 cm³/mol. The predicted octanol–water partition coefficient (Wildman–Crippen LogP) is 4.37. The highest BCUT2D eigenvalue weighted by Gasteiger charge is 2.07. The van der Waals surface area contributed by atoms with Crippen molar-refractivity contribution in [2.75, 3.05) is 17.7 Å². The number of anilines is 4. The first-order valence-electron chi connectivity index (χ1n) is 8.17. The van der Waals surface area contributed by atoms with Crippen molar-refractivity contribution in [3.05, 3.63) is 71.5 Å². The molecule has 3 rings (SSSR count). The van der Waals surface area contributed by atoms with Gasteiger partial charge in [0.25, 0.3) is 0 Å². The summed E-state index contributed by atoms with van der Waals surface area (Å²) in [6.45, 7) is 4.11. The molecule has 1 aromatic heterocycles. The monoisotopic (exact) mass is 348 g/mol. The van der Waals surface area contributed by atoms with Crippen molar-refractivity contribution in [2.24, 2.45) is 0 Å². The lowest BCUT2D eigenvalue weighted by atomic mass is 10.1. The number of para-hydroxylation sites is 1. The Hall–Kier alpha value is -3.41. The average molecular weight is 348 g/mol. The van der Waals surface area contributed by atoms with E-state index in [4.69, 9.17) is 4.74 Å². The van der Waals surface area contributed by atoms with Crippen LogP contribution in [0.1, 0.15) is 21.5 Å². The summed E-state index contributed by atoms with van der Waals surface area (Å²) in [5.41, 5.74) is 4.65. The van der Waals surface area contributed by atoms with Gasteiger partial charge >= 0.3 is 5.97 Å². The summed E-state index contributed by atoms with van der Waals surface area (Å²) >= 11 is 0. The number of carbonyl (C=O) groups excluding carboxylic acids is 1. The number of benzene rings is 2. The molecule has 132 valence electrons. The van der Waals surface area contributed by atoms with Crippen LogP contribution in [-0.2, 0) is 4.74 Å². The summed E-state index contributed by atoms with van der Waals surface area (Å²) in [7, 11) is 1.36. The second kappa shape index (κ2) is 7.65. The van der Waals surface area contributed by atoms with Crippen molar-refractivity contribution in [3.63, 3.8) is 0 Å². The number of esters is 1. The van der Waals surface area contributed by atoms with Crippen LogP contribution in [0.3, 0.4) is 0 Å². The van der Waals surface area contributed by atoms with Crippen molar-refractivity contribution in [1.29, 1.82) is 0 Å². The van der Waals surface area contributed by atoms with E-state index in [1.807, 2.05) is 12.1 Å². The van der Waals surface area contributed by atoms with Crippen LogP contribution >= 0.6 is 0 Å². The molecule has 0 atom stereocenters. The number of nitrogens with zero attached hydrogens (tertiary/aromatic N) is 2. The third kappa shape index (κ3) is 3.97. The topological polar surface area (TPSA) is 76.1 Å². The average Bonchev–Trinajstić information content (AvgIpc) is 2.65. The number of hydrogen-bond donors (Lipinski definition) is 2. The van der Waals surface area contributed by atoms with Crippen molar-refractivity contribution >= 4 is 29.0 Å². The Kier molecular flexibility index (Phi) is 5.12. The number of hydrogen-bond acceptors (Lipinski definition) is 6. The van der Waals surface area contributed by atoms with E-state index in [2.05, 4.69) is 46.6 Å². The molecule has 3 aromatic rings. The van der Waals surface area contributed by atoms with Gasteiger partial charge in [0, 0.05) is 17.4 Å². The highest BCUT2D eigenvalue weighted by atomic mass is 16.5. The van der Waals surface area contributed by atoms with Gasteiger partial charge in [0.1, 0.15) is 18.0 Å². The molecule has 0 radical (unpaired) electrons. The Bertz CT molecular complexity index is 903. The van der Waals surface area contributed by atoms with Crippen molar-refractivity contribution in [1.82, 2.24) is 9.97 Å². The first kappa shape index (κ1) is 17.4. The van der Waals surface area contributed by atoms with Crippen molar-refractivity contribution in [2.45, 2.75) is 13.8 Å². The van der Waals surface area contributed by atoms with E-state index in [0.29, 0.717) is 17.2 Å². The second-order valence-electron chi connectivity index (χ2n) is 5.87. The molecule has 0 bridgehead atoms. The van der Waals surface area contributed by atoms with Crippen LogP contribution in [0, 0.1) is 13.8 Å². The molecule has 0 aliphatic rings. The minimum absolute atomic E-state index is 0.362. The van der Waals surface area contributed by atoms with Gasteiger partial charge in [-0.2, -0.15) is 0 Å². The Morgan fingerprint density at radius 3 is 2.15 bits per heavy atom. The normalized spacial score (nSPS) is 10.3. The molecule has 0 amide bonds. The van der Waals surface area contributed by atoms with Gasteiger partial charge in [-0.1, -0.05) is 18.2 Å². The first-order chi connectivity index (χ1) is 12.6. The zero-order valence-electron chi connectivity index (χ0n) is 14.9. The van der Waals surface area contributed by atoms with E-state index >= 15 is 0 Å². The zero-order chi connectivity index (χ0) is 18.5. The van der Waals surface area contributed by atoms with E-state index in [-0.39, 0.29) is 5.97 Å². The Balaban J connectivity index is 1.76. The summed E-state index contributed by atoms with van der Waals surface area (Å²) in [5, 5.41) is 6.55. The lowest BCUT2D eigenvalue weighted by Crippen LogP contribution is -2.02. The molecule has 0 spiro atoms. The van der Waals surface area contributed by atoms with Crippen molar-refractivity contribution < 1.29 is 9.53 Å². The number of carbonyl (C=O) groups is 1. The molecule has 0 aliphatic carbocycles. The number of ether oxygens (including phenoxy) is 1. The standard InChI is InChI=1S/C20H20N4O2/c1-13-5-4-6-14(2)19(13)24-18-11-17(21-12-22-18)23-16-9-7-15(8-10-16)20(25)26-3/h4-12H,1-3H3,(H2,21,22,23,24). The van der Waals surface area contributed by atoms with Crippen LogP contribution in [0.15, 0.2) is 54.9 Å². The summed E-state index contributed by atoms with van der Waals surface area (Å²) in [6, 6.07) is 15.0. The lowest BCUT2D eigenvalue weighted by Gasteiger charge is -2.13. The fourth-order valence-corrected chi connectivity index (χ4v) is 2.59. The quantitative estimate of drug-likeness (QED) is 0.667. The molecule has 0 saturated carbocycles. The number of rotatable bonds is 5. The summed E-state index contributed by atoms with van der Waals surface area (Å²) in [6.07, 6.45) is 1.50. The smallest absolute Gasteiger partial charge is 0.337 e. The molecule has 26 heavy (non-hydrogen) atoms. The van der Waals surface area contributed by atoms with E-state index < -0.39 is 0 Å². The van der Waals surface area contributed by atoms with Crippen LogP contribution in [0.4, 0.5) is 23.0 Å². The van der Waals surface area contributed by atoms with Gasteiger partial charge in [0.2, 0.25) is 0 Å². The van der Waals surface area contributed by atoms with Gasteiger partial charge in [-0.3, -0.25) is 0 Å². The zero-order valence-corrected chi connectivity index (χ0v) is 14.9. The highest BCUT2D eigenvalue weighted by molar-refractivity contribution is 5.89. The maximum Gasteiger partial charge on any atom is 0.337 e. The SMILES string of the molecule is COC(=O)c1ccc(Nc2cc(Nc3c(C)cccc3C)ncn2)cc1. The molecule has 0 fully saturated rings. The van der Waals surface area contributed by atoms with Crippen LogP contribution in [0.2, 0.25) is 0 Å². The fourth-order valence-electron chi connectivity index (χ4n) is 2.59. The van der Waals surface area contributed by atoms with Crippen LogP contribution in [0.5, 0.6) is 0 Å². The fraction of sp³-hybridized carbons (Fsp3) is 0.150. The first-order valence-corrected chi connectivity index (χ1v) is 8.17. The molecule has 2 N–H and O–H groups in total. The maximum absolute atomic E-state index is 11.5. The molecule has 1 heterocycles. The number of aromatic nitrogens is 2. The Labute approximate surface area is 152 Å². The van der Waals surface area contributed by atoms with E-state index in [1.54, 1.807) is 24.3 Å². The van der Waals surface area contributed by atoms with E-state index in [1.165, 1.54) is 13.4 Å². The highest BCUT2D eigenvalue weighted by Crippen LogP contribution is 2.24. The molecule has 0 aliphatic heterocycles. The third-order valence-electron chi connectivity index (χ3n) is 3.98. The van der Waals surface area contributed by atoms with Crippen LogP contribution < -0.4 is 10.6 Å². The number of nitrogens with one attached hydrogen (secondary N) is 2. The molecular formula is C20H20N4O2. The van der Waals surface area contributed by atoms with Gasteiger partial charge in [0.05, 0.1) is 12.7 Å². The Morgan fingerprint density at radius 1 is 0.923 bits per heavy atom. The summed E-state index contributed by atoms with van der Waals surface area (Å²) in [4.78, 5) is 20.0. The largest absolute Gasteiger partial charge is 0.465 e. The molecule has 0 unspecified atom stereocenters. The van der Waals surface area contributed by atoms with Gasteiger partial charge in [-0.25, -0.2) is 14.8 Å². The Morgan fingerprint density at radius 2 is 1.54 bits per heavy atom. The molecule has 0 saturated heterocycles. The summed E-state index contributed by atoms with van der Waals surface area (Å²) < 4.78 is 4.70. The molecular weight excluding hydrogens is 328 g/mol. The minimum Gasteiger partial charge on any atom is -0.465 e. The third-order valence-corrected chi connectivity index (χ3v) is 3.98. The van der Waals surface area contributed by atoms with Crippen LogP contribution in [-0.4, -0.2) is 23.0 Å². The minimum atomic E-state index is -0.362. The molecule has 6 nitrogen and oxygen atoms in total. The van der Waals surface area contributed by atoms with E-state index in [0.717, 1.165) is 22.5 Å². The maximum atomic E-state index is 11.5. The molecule has 2 aromatic carbocycles. The van der Waals surface area contributed by atoms with Gasteiger partial charge in [-0.15, -0.1) is 0 Å². The van der Waals surface area contributed by atoms with E-state index in [9.17, 15) is 4.79 Å². The number of aryl methyl sites for hydroxylation is 2. The van der Waals surface area contributed by atoms with Gasteiger partial charge < -0.3 is 15.4 Å². The molecule has 6 heteroatoms. The van der Waals surface area contributed by atoms with Crippen LogP contribution in [0.25, 0.3) is 0 Å². The number of methoxy groups -OCH3 is 1. The summed E-state index contributed by atoms with van der Waals surface area (Å²) in [5.74, 6) is 0.990. The van der Waals surface area contributed by atoms with Gasteiger partial charge in [0.15, 0.2) is 0 Å². The van der Waals surface area contributed by atoms with Gasteiger partial charge in [-0.05, 0) is 49.2 Å².